The Bertz CT molecular complexity index is 633. The predicted molar refractivity (Wildman–Crippen MR) is 121 cm³/mol. The monoisotopic (exact) mass is 387 g/mol. The number of hydrogen-bond acceptors (Lipinski definition) is 3. The van der Waals surface area contributed by atoms with E-state index in [1.807, 2.05) is 11.8 Å². The highest BCUT2D eigenvalue weighted by Gasteiger charge is 2.17. The van der Waals surface area contributed by atoms with Gasteiger partial charge in [-0.05, 0) is 43.0 Å². The Hall–Kier alpha value is -1.06. The van der Waals surface area contributed by atoms with Crippen molar-refractivity contribution >= 4 is 23.5 Å². The molecule has 2 rings (SSSR count). The first-order valence-corrected chi connectivity index (χ1v) is 11.6. The van der Waals surface area contributed by atoms with Crippen LogP contribution < -0.4 is 0 Å². The van der Waals surface area contributed by atoms with Crippen molar-refractivity contribution in [2.45, 2.75) is 51.3 Å². The van der Waals surface area contributed by atoms with Crippen LogP contribution in [0.5, 0.6) is 0 Å². The predicted octanol–water partition coefficient (Wildman–Crippen LogP) is 7.26. The summed E-state index contributed by atoms with van der Waals surface area (Å²) in [6.45, 7) is 13.4. The van der Waals surface area contributed by atoms with Gasteiger partial charge in [0.15, 0.2) is 0 Å². The average Bonchev–Trinajstić information content (AvgIpc) is 3.08. The highest BCUT2D eigenvalue weighted by Crippen LogP contribution is 2.31. The fourth-order valence-electron chi connectivity index (χ4n) is 3.22. The number of aryl methyl sites for hydroxylation is 1. The topological polar surface area (TPSA) is 3.24 Å². The van der Waals surface area contributed by atoms with Crippen LogP contribution in [0.3, 0.4) is 0 Å². The third-order valence-electron chi connectivity index (χ3n) is 4.86. The maximum Gasteiger partial charge on any atom is 0.0708 e. The molecule has 0 radical (unpaired) electrons. The van der Waals surface area contributed by atoms with Gasteiger partial charge < -0.3 is 4.90 Å². The molecule has 0 amide bonds. The van der Waals surface area contributed by atoms with E-state index in [9.17, 15) is 0 Å². The van der Waals surface area contributed by atoms with Crippen LogP contribution in [-0.2, 0) is 0 Å². The Morgan fingerprint density at radius 1 is 1.31 bits per heavy atom. The molecular weight excluding hydrogens is 354 g/mol. The molecule has 3 heteroatoms. The Labute approximate surface area is 169 Å². The first-order valence-electron chi connectivity index (χ1n) is 9.82. The molecule has 0 saturated carbocycles. The lowest BCUT2D eigenvalue weighted by Crippen LogP contribution is -2.21. The molecule has 1 saturated heterocycles. The van der Waals surface area contributed by atoms with E-state index >= 15 is 0 Å². The molecule has 1 fully saturated rings. The minimum absolute atomic E-state index is 0.882. The van der Waals surface area contributed by atoms with Crippen molar-refractivity contribution in [3.8, 4) is 0 Å². The van der Waals surface area contributed by atoms with Gasteiger partial charge in [0.2, 0.25) is 0 Å². The zero-order valence-electron chi connectivity index (χ0n) is 16.5. The Morgan fingerprint density at radius 3 is 2.85 bits per heavy atom. The molecule has 1 aliphatic heterocycles. The summed E-state index contributed by atoms with van der Waals surface area (Å²) in [5.41, 5.74) is 1.31. The van der Waals surface area contributed by atoms with Gasteiger partial charge in [-0.2, -0.15) is 0 Å². The molecule has 0 N–H and O–H groups in total. The minimum atomic E-state index is 0.882. The molecule has 1 aliphatic rings. The van der Waals surface area contributed by atoms with Crippen molar-refractivity contribution in [3.63, 3.8) is 0 Å². The second-order valence-electron chi connectivity index (χ2n) is 6.89. The largest absolute Gasteiger partial charge is 0.366 e. The smallest absolute Gasteiger partial charge is 0.0708 e. The van der Waals surface area contributed by atoms with E-state index in [-0.39, 0.29) is 0 Å². The second kappa shape index (κ2) is 11.6. The number of thioether (sulfide) groups is 2. The van der Waals surface area contributed by atoms with Crippen LogP contribution in [-0.4, -0.2) is 23.7 Å². The highest BCUT2D eigenvalue weighted by molar-refractivity contribution is 8.03. The van der Waals surface area contributed by atoms with Crippen LogP contribution in [0.1, 0.15) is 45.1 Å². The molecule has 1 heterocycles. The van der Waals surface area contributed by atoms with Crippen molar-refractivity contribution in [2.24, 2.45) is 5.92 Å². The van der Waals surface area contributed by atoms with Crippen LogP contribution >= 0.6 is 23.5 Å². The number of hydrogen-bond donors (Lipinski definition) is 0. The molecule has 0 aromatic heterocycles. The van der Waals surface area contributed by atoms with Gasteiger partial charge in [-0.25, -0.2) is 0 Å². The standard InChI is InChI=1S/C23H33NS2/c1-5-10-21(6-2)15-16-24-17-18-25-23(24)14-9-12-20(4)26-22-13-8-7-11-19(22)3/h7-9,11-14,21H,4-6,10,15-18H2,1-3H3/b12-9+,23-14-. The fourth-order valence-corrected chi connectivity index (χ4v) is 5.09. The fraction of sp³-hybridized carbons (Fsp3) is 0.478. The summed E-state index contributed by atoms with van der Waals surface area (Å²) in [5.74, 6) is 2.09. The lowest BCUT2D eigenvalue weighted by atomic mass is 9.97. The van der Waals surface area contributed by atoms with Crippen LogP contribution in [0.2, 0.25) is 0 Å². The third-order valence-corrected chi connectivity index (χ3v) is 7.01. The summed E-state index contributed by atoms with van der Waals surface area (Å²) >= 11 is 3.73. The van der Waals surface area contributed by atoms with Crippen LogP contribution in [0.15, 0.2) is 63.9 Å². The van der Waals surface area contributed by atoms with E-state index in [1.165, 1.54) is 60.0 Å². The quantitative estimate of drug-likeness (QED) is 0.307. The van der Waals surface area contributed by atoms with Crippen molar-refractivity contribution in [2.75, 3.05) is 18.8 Å². The van der Waals surface area contributed by atoms with Crippen molar-refractivity contribution in [3.05, 3.63) is 64.6 Å². The average molecular weight is 388 g/mol. The van der Waals surface area contributed by atoms with Gasteiger partial charge in [-0.15, -0.1) is 11.8 Å². The summed E-state index contributed by atoms with van der Waals surface area (Å²) in [7, 11) is 0. The van der Waals surface area contributed by atoms with Crippen molar-refractivity contribution in [1.82, 2.24) is 4.90 Å². The molecule has 1 unspecified atom stereocenters. The lowest BCUT2D eigenvalue weighted by Gasteiger charge is -2.22. The summed E-state index contributed by atoms with van der Waals surface area (Å²) < 4.78 is 0. The van der Waals surface area contributed by atoms with Gasteiger partial charge in [0.1, 0.15) is 0 Å². The number of allylic oxidation sites excluding steroid dienone is 3. The zero-order chi connectivity index (χ0) is 18.8. The maximum atomic E-state index is 4.19. The van der Waals surface area contributed by atoms with Crippen LogP contribution in [0.25, 0.3) is 0 Å². The summed E-state index contributed by atoms with van der Waals surface area (Å²) in [6.07, 6.45) is 11.9. The van der Waals surface area contributed by atoms with E-state index in [4.69, 9.17) is 0 Å². The molecular formula is C23H33NS2. The molecule has 1 atom stereocenters. The van der Waals surface area contributed by atoms with Gasteiger partial charge in [0, 0.05) is 28.6 Å². The first kappa shape index (κ1) is 21.2. The molecule has 142 valence electrons. The summed E-state index contributed by atoms with van der Waals surface area (Å²) in [5, 5.41) is 1.42. The number of rotatable bonds is 10. The molecule has 0 aliphatic carbocycles. The van der Waals surface area contributed by atoms with E-state index in [0.717, 1.165) is 10.8 Å². The molecule has 26 heavy (non-hydrogen) atoms. The summed E-state index contributed by atoms with van der Waals surface area (Å²) in [6, 6.07) is 8.48. The molecule has 0 spiro atoms. The normalized spacial score (nSPS) is 17.3. The molecule has 1 nitrogen and oxygen atoms in total. The Balaban J connectivity index is 1.86. The minimum Gasteiger partial charge on any atom is -0.366 e. The summed E-state index contributed by atoms with van der Waals surface area (Å²) in [4.78, 5) is 4.93. The number of benzene rings is 1. The van der Waals surface area contributed by atoms with E-state index in [0.29, 0.717) is 0 Å². The van der Waals surface area contributed by atoms with Crippen molar-refractivity contribution < 1.29 is 0 Å². The molecule has 1 aromatic carbocycles. The van der Waals surface area contributed by atoms with Gasteiger partial charge in [-0.1, -0.05) is 75.7 Å². The van der Waals surface area contributed by atoms with Gasteiger partial charge >= 0.3 is 0 Å². The highest BCUT2D eigenvalue weighted by atomic mass is 32.2. The van der Waals surface area contributed by atoms with E-state index < -0.39 is 0 Å². The Kier molecular flexibility index (Phi) is 9.49. The number of nitrogens with zero attached hydrogens (tertiary/aromatic N) is 1. The van der Waals surface area contributed by atoms with Crippen molar-refractivity contribution in [1.29, 1.82) is 0 Å². The van der Waals surface area contributed by atoms with Crippen LogP contribution in [0, 0.1) is 12.8 Å². The first-order chi connectivity index (χ1) is 12.6. The zero-order valence-corrected chi connectivity index (χ0v) is 18.2. The van der Waals surface area contributed by atoms with Gasteiger partial charge in [-0.3, -0.25) is 0 Å². The SMILES string of the molecule is C=C(/C=C/C=C1\SCCN1CCC(CC)CCC)Sc1ccccc1C. The van der Waals surface area contributed by atoms with Gasteiger partial charge in [0.05, 0.1) is 5.03 Å². The van der Waals surface area contributed by atoms with E-state index in [1.54, 1.807) is 11.8 Å². The molecule has 0 bridgehead atoms. The van der Waals surface area contributed by atoms with E-state index in [2.05, 4.69) is 74.7 Å². The van der Waals surface area contributed by atoms with Crippen LogP contribution in [0.4, 0.5) is 0 Å². The molecule has 1 aromatic rings. The lowest BCUT2D eigenvalue weighted by molar-refractivity contribution is 0.330. The second-order valence-corrected chi connectivity index (χ2v) is 9.17. The Morgan fingerprint density at radius 2 is 2.12 bits per heavy atom. The third kappa shape index (κ3) is 6.92. The van der Waals surface area contributed by atoms with Gasteiger partial charge in [0.25, 0.3) is 0 Å². The maximum absolute atomic E-state index is 4.19.